The zero-order valence-electron chi connectivity index (χ0n) is 17.5. The van der Waals surface area contributed by atoms with Crippen molar-refractivity contribution in [3.05, 3.63) is 63.5 Å². The number of amides is 2. The Labute approximate surface area is 189 Å². The molecule has 0 fully saturated rings. The molecule has 0 bridgehead atoms. The smallest absolute Gasteiger partial charge is 0.422 e. The van der Waals surface area contributed by atoms with E-state index in [1.165, 1.54) is 0 Å². The molecule has 2 aromatic heterocycles. The van der Waals surface area contributed by atoms with E-state index >= 15 is 0 Å². The van der Waals surface area contributed by atoms with Gasteiger partial charge in [-0.3, -0.25) is 10.2 Å². The molecule has 0 spiro atoms. The molecule has 164 valence electrons. The number of nitrogens with zero attached hydrogens (tertiary/aromatic N) is 2. The van der Waals surface area contributed by atoms with Gasteiger partial charge in [0, 0.05) is 6.20 Å². The first-order valence-electron chi connectivity index (χ1n) is 9.50. The summed E-state index contributed by atoms with van der Waals surface area (Å²) in [7, 11) is 0. The summed E-state index contributed by atoms with van der Waals surface area (Å²) in [4.78, 5) is 29.1. The summed E-state index contributed by atoms with van der Waals surface area (Å²) >= 11 is 12.3. The number of hydrazine groups is 1. The van der Waals surface area contributed by atoms with Crippen molar-refractivity contribution in [2.75, 3.05) is 5.32 Å². The van der Waals surface area contributed by atoms with E-state index in [1.54, 1.807) is 51.1 Å². The molecule has 0 saturated carbocycles. The second-order valence-corrected chi connectivity index (χ2v) is 8.61. The highest BCUT2D eigenvalue weighted by Crippen LogP contribution is 2.26. The van der Waals surface area contributed by atoms with Gasteiger partial charge in [-0.2, -0.15) is 0 Å². The van der Waals surface area contributed by atoms with Crippen molar-refractivity contribution in [3.63, 3.8) is 0 Å². The fourth-order valence-electron chi connectivity index (χ4n) is 2.94. The number of carbonyl (C=O) groups is 2. The van der Waals surface area contributed by atoms with E-state index < -0.39 is 17.6 Å². The van der Waals surface area contributed by atoms with Crippen molar-refractivity contribution in [3.8, 4) is 0 Å². The van der Waals surface area contributed by atoms with Gasteiger partial charge in [0.2, 0.25) is 0 Å². The lowest BCUT2D eigenvalue weighted by molar-refractivity contribution is 0.0496. The van der Waals surface area contributed by atoms with E-state index in [2.05, 4.69) is 21.2 Å². The Morgan fingerprint density at radius 1 is 1.13 bits per heavy atom. The van der Waals surface area contributed by atoms with Crippen LogP contribution in [-0.2, 0) is 11.3 Å². The molecule has 3 N–H and O–H groups in total. The largest absolute Gasteiger partial charge is 0.443 e. The third kappa shape index (κ3) is 5.46. The summed E-state index contributed by atoms with van der Waals surface area (Å²) in [6.45, 7) is 7.49. The van der Waals surface area contributed by atoms with E-state index in [4.69, 9.17) is 27.9 Å². The Balaban J connectivity index is 1.79. The quantitative estimate of drug-likeness (QED) is 0.475. The highest BCUT2D eigenvalue weighted by atomic mass is 35.5. The summed E-state index contributed by atoms with van der Waals surface area (Å²) in [6, 6.07) is 8.39. The predicted octanol–water partition coefficient (Wildman–Crippen LogP) is 4.73. The number of aromatic nitrogens is 2. The number of fused-ring (bicyclic) bond motifs is 1. The van der Waals surface area contributed by atoms with Crippen LogP contribution in [0.5, 0.6) is 0 Å². The number of hydrogen-bond acceptors (Lipinski definition) is 5. The van der Waals surface area contributed by atoms with Crippen LogP contribution in [0.1, 0.15) is 42.5 Å². The highest BCUT2D eigenvalue weighted by molar-refractivity contribution is 6.40. The molecular weight excluding hydrogens is 441 g/mol. The van der Waals surface area contributed by atoms with E-state index in [-0.39, 0.29) is 15.6 Å². The Morgan fingerprint density at radius 3 is 2.45 bits per heavy atom. The van der Waals surface area contributed by atoms with Crippen LogP contribution in [-0.4, -0.2) is 27.0 Å². The average Bonchev–Trinajstić information content (AvgIpc) is 2.97. The van der Waals surface area contributed by atoms with E-state index in [9.17, 15) is 9.59 Å². The Kier molecular flexibility index (Phi) is 6.74. The number of benzene rings is 1. The molecule has 0 aliphatic carbocycles. The highest BCUT2D eigenvalue weighted by Gasteiger charge is 2.19. The van der Waals surface area contributed by atoms with Crippen LogP contribution in [0, 0.1) is 6.92 Å². The SMILES string of the molecule is Cc1nc2c(NC(=O)c3c(Cl)cccc3Cl)cccn2c1CNNC(=O)OC(C)(C)C. The van der Waals surface area contributed by atoms with Crippen LogP contribution < -0.4 is 16.2 Å². The number of imidazole rings is 1. The Morgan fingerprint density at radius 2 is 1.81 bits per heavy atom. The van der Waals surface area contributed by atoms with Gasteiger partial charge in [-0.1, -0.05) is 29.3 Å². The van der Waals surface area contributed by atoms with E-state index in [0.717, 1.165) is 11.4 Å². The maximum atomic E-state index is 12.8. The number of aryl methyl sites for hydroxylation is 1. The molecule has 2 amide bonds. The van der Waals surface area contributed by atoms with Crippen LogP contribution in [0.3, 0.4) is 0 Å². The Bertz CT molecular complexity index is 1120. The second-order valence-electron chi connectivity index (χ2n) is 7.79. The van der Waals surface area contributed by atoms with E-state index in [0.29, 0.717) is 17.9 Å². The van der Waals surface area contributed by atoms with Crippen LogP contribution in [0.2, 0.25) is 10.0 Å². The minimum absolute atomic E-state index is 0.194. The molecule has 31 heavy (non-hydrogen) atoms. The molecule has 3 rings (SSSR count). The molecule has 3 aromatic rings. The van der Waals surface area contributed by atoms with E-state index in [1.807, 2.05) is 17.5 Å². The van der Waals surface area contributed by atoms with Crippen molar-refractivity contribution in [1.82, 2.24) is 20.2 Å². The van der Waals surface area contributed by atoms with Crippen molar-refractivity contribution in [1.29, 1.82) is 0 Å². The first-order chi connectivity index (χ1) is 14.6. The first-order valence-corrected chi connectivity index (χ1v) is 10.3. The van der Waals surface area contributed by atoms with Crippen molar-refractivity contribution >= 4 is 46.5 Å². The average molecular weight is 464 g/mol. The van der Waals surface area contributed by atoms with Gasteiger partial charge in [-0.15, -0.1) is 0 Å². The number of pyridine rings is 1. The maximum absolute atomic E-state index is 12.8. The molecular formula is C21H23Cl2N5O3. The third-order valence-electron chi connectivity index (χ3n) is 4.23. The fraction of sp³-hybridized carbons (Fsp3) is 0.286. The minimum atomic E-state index is -0.595. The number of anilines is 1. The zero-order valence-corrected chi connectivity index (χ0v) is 19.1. The molecule has 0 unspecified atom stereocenters. The van der Waals surface area contributed by atoms with Crippen molar-refractivity contribution < 1.29 is 14.3 Å². The van der Waals surface area contributed by atoms with Gasteiger partial charge in [-0.05, 0) is 52.0 Å². The number of ether oxygens (including phenoxy) is 1. The summed E-state index contributed by atoms with van der Waals surface area (Å²) < 4.78 is 7.02. The first kappa shape index (κ1) is 22.9. The van der Waals surface area contributed by atoms with Gasteiger partial charge in [0.15, 0.2) is 5.65 Å². The molecule has 8 nitrogen and oxygen atoms in total. The standard InChI is InChI=1S/C21H23Cl2N5O3/c1-12-16(11-24-27-20(30)31-21(2,3)4)28-10-6-9-15(18(28)25-12)26-19(29)17-13(22)7-5-8-14(17)23/h5-10,24H,11H2,1-4H3,(H,26,29)(H,27,30). The molecule has 0 saturated heterocycles. The van der Waals surface area contributed by atoms with Crippen molar-refractivity contribution in [2.45, 2.75) is 39.8 Å². The predicted molar refractivity (Wildman–Crippen MR) is 121 cm³/mol. The summed E-state index contributed by atoms with van der Waals surface area (Å²) in [5, 5.41) is 3.34. The lowest BCUT2D eigenvalue weighted by atomic mass is 10.2. The third-order valence-corrected chi connectivity index (χ3v) is 4.86. The molecule has 2 heterocycles. The second kappa shape index (κ2) is 9.13. The topological polar surface area (TPSA) is 96.8 Å². The molecule has 0 atom stereocenters. The summed E-state index contributed by atoms with van der Waals surface area (Å²) in [5.41, 5.74) is 7.52. The summed E-state index contributed by atoms with van der Waals surface area (Å²) in [6.07, 6.45) is 1.24. The molecule has 1 aromatic carbocycles. The van der Waals surface area contributed by atoms with Gasteiger partial charge in [0.1, 0.15) is 5.60 Å². The number of halogens is 2. The number of nitrogens with one attached hydrogen (secondary N) is 3. The number of carbonyl (C=O) groups excluding carboxylic acids is 2. The molecule has 10 heteroatoms. The lowest BCUT2D eigenvalue weighted by Gasteiger charge is -2.19. The monoisotopic (exact) mass is 463 g/mol. The summed E-state index contributed by atoms with van der Waals surface area (Å²) in [5.74, 6) is -0.435. The van der Waals surface area contributed by atoms with Crippen LogP contribution >= 0.6 is 23.2 Å². The molecule has 0 aliphatic rings. The van der Waals surface area contributed by atoms with Crippen LogP contribution in [0.4, 0.5) is 10.5 Å². The lowest BCUT2D eigenvalue weighted by Crippen LogP contribution is -2.41. The van der Waals surface area contributed by atoms with Crippen LogP contribution in [0.15, 0.2) is 36.5 Å². The van der Waals surface area contributed by atoms with Gasteiger partial charge in [-0.25, -0.2) is 15.2 Å². The fourth-order valence-corrected chi connectivity index (χ4v) is 3.51. The van der Waals surface area contributed by atoms with Crippen molar-refractivity contribution in [2.24, 2.45) is 0 Å². The van der Waals surface area contributed by atoms with Crippen LogP contribution in [0.25, 0.3) is 5.65 Å². The normalized spacial score (nSPS) is 11.4. The molecule has 0 aliphatic heterocycles. The van der Waals surface area contributed by atoms with Gasteiger partial charge < -0.3 is 14.5 Å². The molecule has 0 radical (unpaired) electrons. The maximum Gasteiger partial charge on any atom is 0.422 e. The zero-order chi connectivity index (χ0) is 22.8. The van der Waals surface area contributed by atoms with Gasteiger partial charge in [0.25, 0.3) is 5.91 Å². The minimum Gasteiger partial charge on any atom is -0.443 e. The number of hydrogen-bond donors (Lipinski definition) is 3. The number of rotatable bonds is 5. The Hall–Kier alpha value is -2.81. The van der Waals surface area contributed by atoms with Gasteiger partial charge in [0.05, 0.1) is 39.2 Å². The van der Waals surface area contributed by atoms with Gasteiger partial charge >= 0.3 is 6.09 Å².